The summed E-state index contributed by atoms with van der Waals surface area (Å²) in [6.45, 7) is 8.71. The molecule has 0 fully saturated rings. The normalized spacial score (nSPS) is 13.0. The molecule has 0 spiro atoms. The summed E-state index contributed by atoms with van der Waals surface area (Å²) >= 11 is 0. The van der Waals surface area contributed by atoms with Crippen LogP contribution in [0.25, 0.3) is 16.7 Å². The minimum absolute atomic E-state index is 0.0593. The third kappa shape index (κ3) is 3.88. The molecule has 148 valence electrons. The first-order chi connectivity index (χ1) is 13.8. The van der Waals surface area contributed by atoms with Crippen molar-refractivity contribution in [3.05, 3.63) is 83.4 Å². The molecular formula is C25H27N3O. The Morgan fingerprint density at radius 3 is 2.07 bits per heavy atom. The van der Waals surface area contributed by atoms with Crippen LogP contribution in [0.2, 0.25) is 0 Å². The van der Waals surface area contributed by atoms with Crippen LogP contribution in [-0.2, 0) is 11.8 Å². The molecular weight excluding hydrogens is 358 g/mol. The Bertz CT molecular complexity index is 1110. The van der Waals surface area contributed by atoms with Crippen LogP contribution in [0.1, 0.15) is 50.3 Å². The Morgan fingerprint density at radius 1 is 0.897 bits per heavy atom. The lowest BCUT2D eigenvalue weighted by molar-refractivity contribution is 0.453. The number of phenolic OH excluding ortho intramolecular Hbond substituents is 1. The first-order valence-electron chi connectivity index (χ1n) is 10.1. The van der Waals surface area contributed by atoms with Crippen molar-refractivity contribution in [2.75, 3.05) is 0 Å². The molecule has 4 nitrogen and oxygen atoms in total. The van der Waals surface area contributed by atoms with Gasteiger partial charge in [0.2, 0.25) is 0 Å². The average Bonchev–Trinajstić information content (AvgIpc) is 3.12. The van der Waals surface area contributed by atoms with E-state index in [0.29, 0.717) is 5.69 Å². The van der Waals surface area contributed by atoms with Crippen LogP contribution in [0.3, 0.4) is 0 Å². The highest BCUT2D eigenvalue weighted by Gasteiger charge is 2.23. The van der Waals surface area contributed by atoms with Crippen molar-refractivity contribution in [3.63, 3.8) is 0 Å². The summed E-state index contributed by atoms with van der Waals surface area (Å²) in [4.78, 5) is 1.56. The molecule has 1 aromatic heterocycles. The molecule has 0 bridgehead atoms. The van der Waals surface area contributed by atoms with Crippen molar-refractivity contribution in [1.29, 1.82) is 0 Å². The van der Waals surface area contributed by atoms with Gasteiger partial charge in [0.25, 0.3) is 0 Å². The van der Waals surface area contributed by atoms with Gasteiger partial charge < -0.3 is 5.11 Å². The van der Waals surface area contributed by atoms with Gasteiger partial charge in [-0.2, -0.15) is 0 Å². The zero-order valence-electron chi connectivity index (χ0n) is 17.4. The van der Waals surface area contributed by atoms with E-state index in [1.807, 2.05) is 36.4 Å². The molecule has 0 saturated heterocycles. The largest absolute Gasteiger partial charge is 0.505 e. The summed E-state index contributed by atoms with van der Waals surface area (Å²) in [6, 6.07) is 22.3. The van der Waals surface area contributed by atoms with Gasteiger partial charge in [-0.15, -0.1) is 15.0 Å². The van der Waals surface area contributed by atoms with Crippen molar-refractivity contribution in [2.24, 2.45) is 0 Å². The minimum atomic E-state index is -0.0593. The van der Waals surface area contributed by atoms with Crippen molar-refractivity contribution < 1.29 is 5.11 Å². The van der Waals surface area contributed by atoms with Crippen LogP contribution < -0.4 is 0 Å². The second kappa shape index (κ2) is 7.36. The maximum Gasteiger partial charge on any atom is 0.146 e. The third-order valence-electron chi connectivity index (χ3n) is 5.40. The van der Waals surface area contributed by atoms with E-state index < -0.39 is 0 Å². The lowest BCUT2D eigenvalue weighted by Crippen LogP contribution is -2.14. The number of benzene rings is 3. The number of fused-ring (bicyclic) bond motifs is 1. The van der Waals surface area contributed by atoms with Crippen LogP contribution in [0, 0.1) is 0 Å². The zero-order valence-corrected chi connectivity index (χ0v) is 17.4. The average molecular weight is 386 g/mol. The first-order valence-corrected chi connectivity index (χ1v) is 10.1. The Balaban J connectivity index is 1.83. The molecule has 4 heteroatoms. The van der Waals surface area contributed by atoms with Gasteiger partial charge in [-0.3, -0.25) is 0 Å². The van der Waals surface area contributed by atoms with Gasteiger partial charge in [0.05, 0.1) is 0 Å². The number of rotatable bonds is 4. The van der Waals surface area contributed by atoms with Gasteiger partial charge >= 0.3 is 0 Å². The minimum Gasteiger partial charge on any atom is -0.505 e. The van der Waals surface area contributed by atoms with Crippen molar-refractivity contribution in [2.45, 2.75) is 45.4 Å². The molecule has 0 aliphatic rings. The monoisotopic (exact) mass is 385 g/mol. The van der Waals surface area contributed by atoms with E-state index in [1.165, 1.54) is 5.56 Å². The van der Waals surface area contributed by atoms with Gasteiger partial charge in [-0.25, -0.2) is 0 Å². The van der Waals surface area contributed by atoms with Crippen LogP contribution in [0.15, 0.2) is 66.7 Å². The summed E-state index contributed by atoms with van der Waals surface area (Å²) in [5.74, 6) is 0.408. The Kier molecular flexibility index (Phi) is 4.87. The number of hydrogen-bond acceptors (Lipinski definition) is 3. The summed E-state index contributed by atoms with van der Waals surface area (Å²) in [7, 11) is 0. The summed E-state index contributed by atoms with van der Waals surface area (Å²) in [6.07, 6.45) is 0.857. The van der Waals surface area contributed by atoms with E-state index in [9.17, 15) is 5.11 Å². The SMILES string of the molecule is CC(Cc1ccccc1)c1cc(C(C)(C)C)cc(-n2nc3ccccc3n2)c1O. The standard InChI is InChI=1S/C25H27N3O/c1-17(14-18-10-6-5-7-11-18)20-15-19(25(2,3)4)16-23(24(20)29)28-26-21-12-8-9-13-22(21)27-28/h5-13,15-17,29H,14H2,1-4H3. The molecule has 4 rings (SSSR count). The number of phenols is 1. The van der Waals surface area contributed by atoms with E-state index in [0.717, 1.165) is 28.6 Å². The summed E-state index contributed by atoms with van der Waals surface area (Å²) in [5.41, 5.74) is 5.53. The second-order valence-electron chi connectivity index (χ2n) is 8.75. The quantitative estimate of drug-likeness (QED) is 0.485. The zero-order chi connectivity index (χ0) is 20.6. The number of aromatic hydroxyl groups is 1. The van der Waals surface area contributed by atoms with Crippen molar-refractivity contribution in [1.82, 2.24) is 15.0 Å². The Hall–Kier alpha value is -3.14. The van der Waals surface area contributed by atoms with Gasteiger partial charge in [-0.05, 0) is 52.6 Å². The molecule has 0 aliphatic heterocycles. The van der Waals surface area contributed by atoms with Gasteiger partial charge in [0, 0.05) is 0 Å². The van der Waals surface area contributed by atoms with Gasteiger partial charge in [0.1, 0.15) is 22.5 Å². The highest BCUT2D eigenvalue weighted by molar-refractivity contribution is 5.73. The van der Waals surface area contributed by atoms with Crippen LogP contribution >= 0.6 is 0 Å². The topological polar surface area (TPSA) is 50.9 Å². The maximum atomic E-state index is 11.2. The molecule has 4 aromatic rings. The van der Waals surface area contributed by atoms with E-state index >= 15 is 0 Å². The molecule has 0 aliphatic carbocycles. The van der Waals surface area contributed by atoms with Crippen LogP contribution in [0.4, 0.5) is 0 Å². The number of hydrogen-bond donors (Lipinski definition) is 1. The van der Waals surface area contributed by atoms with E-state index in [1.54, 1.807) is 4.80 Å². The van der Waals surface area contributed by atoms with Crippen LogP contribution in [0.5, 0.6) is 5.75 Å². The highest BCUT2D eigenvalue weighted by atomic mass is 16.3. The smallest absolute Gasteiger partial charge is 0.146 e. The first kappa shape index (κ1) is 19.2. The third-order valence-corrected chi connectivity index (χ3v) is 5.40. The molecule has 0 saturated carbocycles. The predicted octanol–water partition coefficient (Wildman–Crippen LogP) is 5.77. The van der Waals surface area contributed by atoms with E-state index in [4.69, 9.17) is 0 Å². The van der Waals surface area contributed by atoms with Crippen molar-refractivity contribution in [3.8, 4) is 11.4 Å². The Labute approximate surface area is 171 Å². The molecule has 29 heavy (non-hydrogen) atoms. The molecule has 1 atom stereocenters. The van der Waals surface area contributed by atoms with E-state index in [2.05, 4.69) is 68.2 Å². The number of nitrogens with zero attached hydrogens (tertiary/aromatic N) is 3. The second-order valence-corrected chi connectivity index (χ2v) is 8.75. The van der Waals surface area contributed by atoms with Crippen LogP contribution in [-0.4, -0.2) is 20.1 Å². The number of aromatic nitrogens is 3. The molecule has 3 aromatic carbocycles. The summed E-state index contributed by atoms with van der Waals surface area (Å²) in [5, 5.41) is 20.4. The van der Waals surface area contributed by atoms with Crippen molar-refractivity contribution >= 4 is 11.0 Å². The Morgan fingerprint density at radius 2 is 1.48 bits per heavy atom. The molecule has 0 amide bonds. The molecule has 1 heterocycles. The van der Waals surface area contributed by atoms with Gasteiger partial charge in [-0.1, -0.05) is 76.2 Å². The fourth-order valence-corrected chi connectivity index (χ4v) is 3.65. The predicted molar refractivity (Wildman–Crippen MR) is 118 cm³/mol. The molecule has 1 N–H and O–H groups in total. The lowest BCUT2D eigenvalue weighted by Gasteiger charge is -2.24. The fourth-order valence-electron chi connectivity index (χ4n) is 3.65. The molecule has 1 unspecified atom stereocenters. The fraction of sp³-hybridized carbons (Fsp3) is 0.280. The summed E-state index contributed by atoms with van der Waals surface area (Å²) < 4.78 is 0. The van der Waals surface area contributed by atoms with Gasteiger partial charge in [0.15, 0.2) is 0 Å². The maximum absolute atomic E-state index is 11.2. The molecule has 0 radical (unpaired) electrons. The van der Waals surface area contributed by atoms with E-state index in [-0.39, 0.29) is 17.1 Å². The highest BCUT2D eigenvalue weighted by Crippen LogP contribution is 2.38. The lowest BCUT2D eigenvalue weighted by atomic mass is 9.83.